The van der Waals surface area contributed by atoms with Gasteiger partial charge in [0.15, 0.2) is 0 Å². The highest BCUT2D eigenvalue weighted by Gasteiger charge is 2.56. The molecular weight excluding hydrogens is 180 g/mol. The molecule has 0 nitrogen and oxygen atoms in total. The predicted octanol–water partition coefficient (Wildman–Crippen LogP) is 5.28. The molecule has 0 heteroatoms. The molecule has 0 aromatic carbocycles. The van der Waals surface area contributed by atoms with Crippen molar-refractivity contribution in [1.29, 1.82) is 0 Å². The molecule has 1 aliphatic rings. The van der Waals surface area contributed by atoms with Crippen molar-refractivity contribution in [3.05, 3.63) is 0 Å². The summed E-state index contributed by atoms with van der Waals surface area (Å²) in [6.45, 7) is 12.0. The fourth-order valence-electron chi connectivity index (χ4n) is 3.17. The summed E-state index contributed by atoms with van der Waals surface area (Å²) < 4.78 is 0. The van der Waals surface area contributed by atoms with Crippen LogP contribution >= 0.6 is 0 Å². The molecule has 0 aromatic rings. The van der Waals surface area contributed by atoms with Gasteiger partial charge in [0.05, 0.1) is 0 Å². The second-order valence-corrected chi connectivity index (χ2v) is 6.33. The van der Waals surface area contributed by atoms with E-state index in [0.717, 1.165) is 17.8 Å². The Hall–Kier alpha value is 0. The Labute approximate surface area is 96.8 Å². The number of unbranched alkanes of at least 4 members (excludes halogenated alkanes) is 2. The number of hydrogen-bond acceptors (Lipinski definition) is 0. The molecule has 0 radical (unpaired) electrons. The lowest BCUT2D eigenvalue weighted by Gasteiger charge is -2.11. The molecule has 1 aliphatic carbocycles. The molecule has 1 rings (SSSR count). The lowest BCUT2D eigenvalue weighted by atomic mass is 9.94. The average molecular weight is 210 g/mol. The van der Waals surface area contributed by atoms with E-state index in [0.29, 0.717) is 5.41 Å². The SMILES string of the molecule is CCCCCC1(C)C(C)C1CCC(C)C. The van der Waals surface area contributed by atoms with E-state index in [1.165, 1.54) is 38.5 Å². The first-order chi connectivity index (χ1) is 7.02. The minimum Gasteiger partial charge on any atom is -0.0654 e. The van der Waals surface area contributed by atoms with Crippen molar-refractivity contribution >= 4 is 0 Å². The lowest BCUT2D eigenvalue weighted by Crippen LogP contribution is -2.00. The van der Waals surface area contributed by atoms with Gasteiger partial charge in [-0.1, -0.05) is 60.3 Å². The summed E-state index contributed by atoms with van der Waals surface area (Å²) in [4.78, 5) is 0. The summed E-state index contributed by atoms with van der Waals surface area (Å²) in [7, 11) is 0. The Morgan fingerprint density at radius 3 is 2.40 bits per heavy atom. The number of rotatable bonds is 7. The van der Waals surface area contributed by atoms with E-state index in [9.17, 15) is 0 Å². The Morgan fingerprint density at radius 1 is 1.20 bits per heavy atom. The third-order valence-corrected chi connectivity index (χ3v) is 4.76. The maximum atomic E-state index is 2.53. The van der Waals surface area contributed by atoms with Gasteiger partial charge in [-0.2, -0.15) is 0 Å². The van der Waals surface area contributed by atoms with Crippen molar-refractivity contribution in [2.24, 2.45) is 23.2 Å². The van der Waals surface area contributed by atoms with E-state index in [-0.39, 0.29) is 0 Å². The van der Waals surface area contributed by atoms with Crippen LogP contribution in [0.3, 0.4) is 0 Å². The third kappa shape index (κ3) is 3.23. The highest BCUT2D eigenvalue weighted by Crippen LogP contribution is 2.63. The van der Waals surface area contributed by atoms with Gasteiger partial charge in [0, 0.05) is 0 Å². The van der Waals surface area contributed by atoms with Crippen LogP contribution in [0.25, 0.3) is 0 Å². The van der Waals surface area contributed by atoms with Gasteiger partial charge in [0.1, 0.15) is 0 Å². The monoisotopic (exact) mass is 210 g/mol. The highest BCUT2D eigenvalue weighted by molar-refractivity contribution is 5.04. The van der Waals surface area contributed by atoms with Gasteiger partial charge in [-0.15, -0.1) is 0 Å². The zero-order chi connectivity index (χ0) is 11.5. The van der Waals surface area contributed by atoms with Gasteiger partial charge in [-0.25, -0.2) is 0 Å². The van der Waals surface area contributed by atoms with E-state index >= 15 is 0 Å². The van der Waals surface area contributed by atoms with Crippen LogP contribution in [0.4, 0.5) is 0 Å². The molecular formula is C15H30. The maximum Gasteiger partial charge on any atom is -0.0266 e. The van der Waals surface area contributed by atoms with E-state index in [1.807, 2.05) is 0 Å². The molecule has 3 atom stereocenters. The molecule has 0 bridgehead atoms. The predicted molar refractivity (Wildman–Crippen MR) is 69.0 cm³/mol. The minimum atomic E-state index is 0.712. The smallest absolute Gasteiger partial charge is 0.0266 e. The normalized spacial score (nSPS) is 34.8. The number of hydrogen-bond donors (Lipinski definition) is 0. The molecule has 3 unspecified atom stereocenters. The van der Waals surface area contributed by atoms with Gasteiger partial charge >= 0.3 is 0 Å². The standard InChI is InChI=1S/C15H30/c1-6-7-8-11-15(5)13(4)14(15)10-9-12(2)3/h12-14H,6-11H2,1-5H3. The van der Waals surface area contributed by atoms with Crippen molar-refractivity contribution in [2.75, 3.05) is 0 Å². The molecule has 0 saturated heterocycles. The average Bonchev–Trinajstić information content (AvgIpc) is 2.67. The first-order valence-corrected chi connectivity index (χ1v) is 7.02. The molecule has 0 amide bonds. The molecule has 0 spiro atoms. The van der Waals surface area contributed by atoms with Crippen molar-refractivity contribution in [2.45, 2.75) is 73.1 Å². The van der Waals surface area contributed by atoms with E-state index < -0.39 is 0 Å². The summed E-state index contributed by atoms with van der Waals surface area (Å²) in [6.07, 6.45) is 8.63. The second-order valence-electron chi connectivity index (χ2n) is 6.33. The van der Waals surface area contributed by atoms with Crippen LogP contribution in [0, 0.1) is 23.2 Å². The second kappa shape index (κ2) is 5.37. The van der Waals surface area contributed by atoms with E-state index in [1.54, 1.807) is 0 Å². The van der Waals surface area contributed by atoms with Crippen LogP contribution in [-0.2, 0) is 0 Å². The zero-order valence-electron chi connectivity index (χ0n) is 11.5. The first-order valence-electron chi connectivity index (χ1n) is 7.02. The van der Waals surface area contributed by atoms with Crippen LogP contribution in [-0.4, -0.2) is 0 Å². The fraction of sp³-hybridized carbons (Fsp3) is 1.00. The fourth-order valence-corrected chi connectivity index (χ4v) is 3.17. The van der Waals surface area contributed by atoms with Gasteiger partial charge in [-0.05, 0) is 36.0 Å². The molecule has 0 aliphatic heterocycles. The Balaban J connectivity index is 2.24. The summed E-state index contributed by atoms with van der Waals surface area (Å²) in [5.41, 5.74) is 0.712. The van der Waals surface area contributed by atoms with Gasteiger partial charge in [0.2, 0.25) is 0 Å². The quantitative estimate of drug-likeness (QED) is 0.502. The van der Waals surface area contributed by atoms with Gasteiger partial charge in [0.25, 0.3) is 0 Å². The van der Waals surface area contributed by atoms with Crippen LogP contribution in [0.2, 0.25) is 0 Å². The van der Waals surface area contributed by atoms with Gasteiger partial charge < -0.3 is 0 Å². The van der Waals surface area contributed by atoms with Crippen molar-refractivity contribution < 1.29 is 0 Å². The largest absolute Gasteiger partial charge is 0.0654 e. The van der Waals surface area contributed by atoms with Crippen molar-refractivity contribution in [3.8, 4) is 0 Å². The highest BCUT2D eigenvalue weighted by atomic mass is 14.6. The molecule has 1 saturated carbocycles. The lowest BCUT2D eigenvalue weighted by molar-refractivity contribution is 0.397. The zero-order valence-corrected chi connectivity index (χ0v) is 11.5. The summed E-state index contributed by atoms with van der Waals surface area (Å²) in [5.74, 6) is 2.92. The van der Waals surface area contributed by atoms with Crippen LogP contribution in [0.15, 0.2) is 0 Å². The van der Waals surface area contributed by atoms with E-state index in [4.69, 9.17) is 0 Å². The van der Waals surface area contributed by atoms with Crippen molar-refractivity contribution in [1.82, 2.24) is 0 Å². The molecule has 1 fully saturated rings. The maximum absolute atomic E-state index is 2.53. The first kappa shape index (κ1) is 13.1. The van der Waals surface area contributed by atoms with Crippen LogP contribution < -0.4 is 0 Å². The molecule has 15 heavy (non-hydrogen) atoms. The molecule has 0 aromatic heterocycles. The molecule has 0 N–H and O–H groups in total. The minimum absolute atomic E-state index is 0.712. The third-order valence-electron chi connectivity index (χ3n) is 4.76. The van der Waals surface area contributed by atoms with Gasteiger partial charge in [-0.3, -0.25) is 0 Å². The van der Waals surface area contributed by atoms with Crippen LogP contribution in [0.1, 0.15) is 73.1 Å². The molecule has 90 valence electrons. The summed E-state index contributed by atoms with van der Waals surface area (Å²) in [5, 5.41) is 0. The van der Waals surface area contributed by atoms with E-state index in [2.05, 4.69) is 34.6 Å². The molecule has 0 heterocycles. The summed E-state index contributed by atoms with van der Waals surface area (Å²) >= 11 is 0. The Kier molecular flexibility index (Phi) is 4.67. The Morgan fingerprint density at radius 2 is 1.87 bits per heavy atom. The Bertz CT molecular complexity index is 182. The van der Waals surface area contributed by atoms with Crippen LogP contribution in [0.5, 0.6) is 0 Å². The van der Waals surface area contributed by atoms with Crippen molar-refractivity contribution in [3.63, 3.8) is 0 Å². The summed E-state index contributed by atoms with van der Waals surface area (Å²) in [6, 6.07) is 0. The topological polar surface area (TPSA) is 0 Å².